The predicted molar refractivity (Wildman–Crippen MR) is 101 cm³/mol. The normalized spacial score (nSPS) is 11.4. The van der Waals surface area contributed by atoms with E-state index in [1.807, 2.05) is 19.0 Å². The molecule has 1 N–H and O–H groups in total. The van der Waals surface area contributed by atoms with Crippen LogP contribution in [0.15, 0.2) is 24.5 Å². The van der Waals surface area contributed by atoms with Gasteiger partial charge in [-0.3, -0.25) is 4.79 Å². The predicted octanol–water partition coefficient (Wildman–Crippen LogP) is 3.40. The van der Waals surface area contributed by atoms with Crippen molar-refractivity contribution in [3.05, 3.63) is 41.2 Å². The summed E-state index contributed by atoms with van der Waals surface area (Å²) in [5.41, 5.74) is -0.867. The maximum atomic E-state index is 13.1. The van der Waals surface area contributed by atoms with E-state index in [1.54, 1.807) is 6.92 Å². The second kappa shape index (κ2) is 9.55. The molecule has 158 valence electrons. The molecule has 0 saturated heterocycles. The summed E-state index contributed by atoms with van der Waals surface area (Å²) in [6, 6.07) is 3.56. The lowest BCUT2D eigenvalue weighted by atomic mass is 10.1. The van der Waals surface area contributed by atoms with Gasteiger partial charge in [0.1, 0.15) is 12.9 Å². The smallest absolute Gasteiger partial charge is 0.416 e. The Hall–Kier alpha value is -2.88. The first-order chi connectivity index (χ1) is 13.6. The van der Waals surface area contributed by atoms with Crippen LogP contribution in [0.1, 0.15) is 28.4 Å². The van der Waals surface area contributed by atoms with Gasteiger partial charge in [0, 0.05) is 12.2 Å². The van der Waals surface area contributed by atoms with Gasteiger partial charge in [-0.1, -0.05) is 6.07 Å². The van der Waals surface area contributed by atoms with E-state index in [2.05, 4.69) is 15.3 Å². The molecule has 0 aliphatic heterocycles. The van der Waals surface area contributed by atoms with Crippen LogP contribution in [0, 0.1) is 6.92 Å². The summed E-state index contributed by atoms with van der Waals surface area (Å²) in [5.74, 6) is -0.750. The van der Waals surface area contributed by atoms with Gasteiger partial charge in [0.15, 0.2) is 5.56 Å². The molecule has 0 spiro atoms. The first-order valence-corrected chi connectivity index (χ1v) is 8.88. The minimum absolute atomic E-state index is 0.00837. The Bertz CT molecular complexity index is 857. The molecule has 0 radical (unpaired) electrons. The molecule has 2 aromatic rings. The highest BCUT2D eigenvalue weighted by Crippen LogP contribution is 2.34. The van der Waals surface area contributed by atoms with E-state index in [0.717, 1.165) is 6.07 Å². The van der Waals surface area contributed by atoms with E-state index in [1.165, 1.54) is 25.4 Å². The van der Waals surface area contributed by atoms with Crippen LogP contribution in [0.2, 0.25) is 0 Å². The lowest BCUT2D eigenvalue weighted by Gasteiger charge is -2.16. The summed E-state index contributed by atoms with van der Waals surface area (Å²) in [5, 5.41) is 2.45. The molecule has 10 heteroatoms. The van der Waals surface area contributed by atoms with E-state index in [9.17, 15) is 18.0 Å². The zero-order chi connectivity index (χ0) is 21.6. The fraction of sp³-hybridized carbons (Fsp3) is 0.421. The number of carbonyl (C=O) groups is 1. The van der Waals surface area contributed by atoms with E-state index < -0.39 is 17.6 Å². The molecule has 1 amide bonds. The standard InChI is InChI=1S/C19H23F3N4O3/c1-5-28-17-15(18(24-11-23-17)29-9-8-26(3)4)16(27)25-13-7-6-12(2)14(10-13)19(20,21)22/h6-7,10-11H,5,8-9H2,1-4H3,(H,25,27). The molecular formula is C19H23F3N4O3. The average Bonchev–Trinajstić information content (AvgIpc) is 2.62. The van der Waals surface area contributed by atoms with Gasteiger partial charge in [-0.15, -0.1) is 0 Å². The number of anilines is 1. The van der Waals surface area contributed by atoms with Crippen LogP contribution in [0.5, 0.6) is 11.8 Å². The van der Waals surface area contributed by atoms with Gasteiger partial charge < -0.3 is 19.7 Å². The first-order valence-electron chi connectivity index (χ1n) is 8.88. The Morgan fingerprint density at radius 2 is 1.83 bits per heavy atom. The van der Waals surface area contributed by atoms with Crippen molar-refractivity contribution in [3.8, 4) is 11.8 Å². The Labute approximate surface area is 166 Å². The number of aryl methyl sites for hydroxylation is 1. The number of nitrogens with one attached hydrogen (secondary N) is 1. The highest BCUT2D eigenvalue weighted by Gasteiger charge is 2.33. The fourth-order valence-electron chi connectivity index (χ4n) is 2.43. The number of hydrogen-bond donors (Lipinski definition) is 1. The monoisotopic (exact) mass is 412 g/mol. The minimum atomic E-state index is -4.53. The molecule has 0 unspecified atom stereocenters. The second-order valence-corrected chi connectivity index (χ2v) is 6.43. The lowest BCUT2D eigenvalue weighted by Crippen LogP contribution is -2.22. The molecule has 1 aromatic carbocycles. The van der Waals surface area contributed by atoms with E-state index >= 15 is 0 Å². The fourth-order valence-corrected chi connectivity index (χ4v) is 2.43. The minimum Gasteiger partial charge on any atom is -0.477 e. The SMILES string of the molecule is CCOc1ncnc(OCCN(C)C)c1C(=O)Nc1ccc(C)c(C(F)(F)F)c1. The molecule has 0 saturated carbocycles. The van der Waals surface area contributed by atoms with E-state index in [-0.39, 0.29) is 41.8 Å². The number of hydrogen-bond acceptors (Lipinski definition) is 6. The van der Waals surface area contributed by atoms with Gasteiger partial charge in [-0.2, -0.15) is 13.2 Å². The number of alkyl halides is 3. The Kier molecular flexibility index (Phi) is 7.38. The molecule has 0 atom stereocenters. The van der Waals surface area contributed by atoms with E-state index in [4.69, 9.17) is 9.47 Å². The molecule has 0 aliphatic rings. The third-order valence-electron chi connectivity index (χ3n) is 3.86. The number of halogens is 3. The van der Waals surface area contributed by atoms with Crippen molar-refractivity contribution in [3.63, 3.8) is 0 Å². The van der Waals surface area contributed by atoms with Gasteiger partial charge in [-0.05, 0) is 45.6 Å². The Morgan fingerprint density at radius 3 is 2.41 bits per heavy atom. The van der Waals surface area contributed by atoms with E-state index in [0.29, 0.717) is 6.54 Å². The number of ether oxygens (including phenoxy) is 2. The maximum Gasteiger partial charge on any atom is 0.416 e. The number of aromatic nitrogens is 2. The number of amides is 1. The van der Waals surface area contributed by atoms with Crippen LogP contribution in [0.3, 0.4) is 0 Å². The molecule has 29 heavy (non-hydrogen) atoms. The van der Waals surface area contributed by atoms with Crippen molar-refractivity contribution in [2.45, 2.75) is 20.0 Å². The molecule has 7 nitrogen and oxygen atoms in total. The van der Waals surface area contributed by atoms with Crippen LogP contribution in [0.4, 0.5) is 18.9 Å². The number of carbonyl (C=O) groups excluding carboxylic acids is 1. The summed E-state index contributed by atoms with van der Waals surface area (Å²) in [6.45, 7) is 4.12. The molecule has 0 bridgehead atoms. The van der Waals surface area contributed by atoms with Crippen molar-refractivity contribution in [2.75, 3.05) is 39.2 Å². The zero-order valence-electron chi connectivity index (χ0n) is 16.6. The third-order valence-corrected chi connectivity index (χ3v) is 3.86. The molecule has 1 heterocycles. The van der Waals surface area contributed by atoms with Crippen LogP contribution in [-0.2, 0) is 6.18 Å². The number of rotatable bonds is 8. The van der Waals surface area contributed by atoms with Crippen molar-refractivity contribution in [1.82, 2.24) is 14.9 Å². The largest absolute Gasteiger partial charge is 0.477 e. The van der Waals surface area contributed by atoms with Crippen molar-refractivity contribution in [1.29, 1.82) is 0 Å². The number of likely N-dealkylation sites (N-methyl/N-ethyl adjacent to an activating group) is 1. The molecule has 2 rings (SSSR count). The van der Waals surface area contributed by atoms with Gasteiger partial charge in [0.05, 0.1) is 12.2 Å². The van der Waals surface area contributed by atoms with Crippen molar-refractivity contribution < 1.29 is 27.4 Å². The van der Waals surface area contributed by atoms with Crippen molar-refractivity contribution in [2.24, 2.45) is 0 Å². The lowest BCUT2D eigenvalue weighted by molar-refractivity contribution is -0.138. The average molecular weight is 412 g/mol. The maximum absolute atomic E-state index is 13.1. The van der Waals surface area contributed by atoms with Crippen LogP contribution in [-0.4, -0.2) is 54.6 Å². The number of nitrogens with zero attached hydrogens (tertiary/aromatic N) is 3. The summed E-state index contributed by atoms with van der Waals surface area (Å²) >= 11 is 0. The summed E-state index contributed by atoms with van der Waals surface area (Å²) in [4.78, 5) is 22.6. The quantitative estimate of drug-likeness (QED) is 0.716. The summed E-state index contributed by atoms with van der Waals surface area (Å²) < 4.78 is 50.4. The number of benzene rings is 1. The highest BCUT2D eigenvalue weighted by atomic mass is 19.4. The zero-order valence-corrected chi connectivity index (χ0v) is 16.6. The topological polar surface area (TPSA) is 76.6 Å². The molecule has 1 aromatic heterocycles. The molecule has 0 fully saturated rings. The summed E-state index contributed by atoms with van der Waals surface area (Å²) in [7, 11) is 3.72. The molecular weight excluding hydrogens is 389 g/mol. The van der Waals surface area contributed by atoms with Gasteiger partial charge in [0.2, 0.25) is 11.8 Å². The van der Waals surface area contributed by atoms with Crippen LogP contribution in [0.25, 0.3) is 0 Å². The van der Waals surface area contributed by atoms with Crippen LogP contribution >= 0.6 is 0 Å². The highest BCUT2D eigenvalue weighted by molar-refractivity contribution is 6.07. The Morgan fingerprint density at radius 1 is 1.17 bits per heavy atom. The van der Waals surface area contributed by atoms with Crippen molar-refractivity contribution >= 4 is 11.6 Å². The Balaban J connectivity index is 2.33. The molecule has 0 aliphatic carbocycles. The van der Waals surface area contributed by atoms with Gasteiger partial charge >= 0.3 is 6.18 Å². The first kappa shape index (κ1) is 22.4. The van der Waals surface area contributed by atoms with Crippen LogP contribution < -0.4 is 14.8 Å². The second-order valence-electron chi connectivity index (χ2n) is 6.43. The van der Waals surface area contributed by atoms with Gasteiger partial charge in [-0.25, -0.2) is 9.97 Å². The van der Waals surface area contributed by atoms with Gasteiger partial charge in [0.25, 0.3) is 5.91 Å². The summed E-state index contributed by atoms with van der Waals surface area (Å²) in [6.07, 6.45) is -3.34. The third kappa shape index (κ3) is 6.05.